The first-order valence-corrected chi connectivity index (χ1v) is 4.91. The maximum Gasteiger partial charge on any atom is 0.416 e. The van der Waals surface area contributed by atoms with Crippen LogP contribution in [0, 0.1) is 5.92 Å². The Labute approximate surface area is 86.1 Å². The third-order valence-electron chi connectivity index (χ3n) is 2.75. The zero-order valence-corrected chi connectivity index (χ0v) is 8.09. The summed E-state index contributed by atoms with van der Waals surface area (Å²) >= 11 is 0. The Morgan fingerprint density at radius 1 is 1.13 bits per heavy atom. The van der Waals surface area contributed by atoms with Crippen molar-refractivity contribution in [3.8, 4) is 0 Å². The molecule has 0 aromatic heterocycles. The molecule has 1 aromatic rings. The summed E-state index contributed by atoms with van der Waals surface area (Å²) in [5, 5.41) is 0. The van der Waals surface area contributed by atoms with E-state index in [9.17, 15) is 13.2 Å². The van der Waals surface area contributed by atoms with Crippen LogP contribution in [0.5, 0.6) is 0 Å². The molecule has 1 nitrogen and oxygen atoms in total. The van der Waals surface area contributed by atoms with Crippen molar-refractivity contribution in [3.05, 3.63) is 35.4 Å². The van der Waals surface area contributed by atoms with E-state index in [0.717, 1.165) is 30.5 Å². The fraction of sp³-hybridized carbons (Fsp3) is 0.455. The van der Waals surface area contributed by atoms with Gasteiger partial charge in [0.1, 0.15) is 0 Å². The van der Waals surface area contributed by atoms with Crippen molar-refractivity contribution < 1.29 is 13.2 Å². The monoisotopic (exact) mass is 215 g/mol. The highest BCUT2D eigenvalue weighted by molar-refractivity contribution is 5.27. The van der Waals surface area contributed by atoms with Gasteiger partial charge in [0.2, 0.25) is 0 Å². The first-order valence-electron chi connectivity index (χ1n) is 4.91. The Hall–Kier alpha value is -1.03. The third-order valence-corrected chi connectivity index (χ3v) is 2.75. The van der Waals surface area contributed by atoms with Gasteiger partial charge in [-0.25, -0.2) is 0 Å². The lowest BCUT2D eigenvalue weighted by Gasteiger charge is -2.12. The fourth-order valence-electron chi connectivity index (χ4n) is 1.62. The van der Waals surface area contributed by atoms with Gasteiger partial charge in [-0.2, -0.15) is 13.2 Å². The predicted molar refractivity (Wildman–Crippen MR) is 51.1 cm³/mol. The Bertz CT molecular complexity index is 338. The van der Waals surface area contributed by atoms with Gasteiger partial charge in [-0.05, 0) is 36.5 Å². The molecule has 0 spiro atoms. The Kier molecular flexibility index (Phi) is 2.46. The van der Waals surface area contributed by atoms with Gasteiger partial charge in [-0.15, -0.1) is 0 Å². The molecule has 82 valence electrons. The molecule has 0 saturated heterocycles. The molecule has 1 aliphatic rings. The molecule has 1 fully saturated rings. The van der Waals surface area contributed by atoms with Crippen LogP contribution in [0.2, 0.25) is 0 Å². The minimum absolute atomic E-state index is 0.104. The third kappa shape index (κ3) is 2.31. The number of halogens is 3. The lowest BCUT2D eigenvalue weighted by atomic mass is 10.0. The summed E-state index contributed by atoms with van der Waals surface area (Å²) in [6.45, 7) is 0. The summed E-state index contributed by atoms with van der Waals surface area (Å²) in [6.07, 6.45) is -2.09. The maximum atomic E-state index is 12.3. The van der Waals surface area contributed by atoms with E-state index >= 15 is 0 Å². The van der Waals surface area contributed by atoms with E-state index in [0.29, 0.717) is 5.92 Å². The van der Waals surface area contributed by atoms with Gasteiger partial charge in [-0.3, -0.25) is 0 Å². The molecule has 0 bridgehead atoms. The van der Waals surface area contributed by atoms with Gasteiger partial charge >= 0.3 is 6.18 Å². The van der Waals surface area contributed by atoms with Crippen LogP contribution in [-0.2, 0) is 6.18 Å². The number of nitrogens with two attached hydrogens (primary N) is 1. The van der Waals surface area contributed by atoms with Crippen LogP contribution in [0.4, 0.5) is 13.2 Å². The first-order chi connectivity index (χ1) is 6.98. The molecule has 1 aliphatic carbocycles. The molecule has 0 radical (unpaired) electrons. The minimum atomic E-state index is -4.26. The van der Waals surface area contributed by atoms with E-state index < -0.39 is 11.7 Å². The second-order valence-electron chi connectivity index (χ2n) is 3.98. The van der Waals surface area contributed by atoms with E-state index in [-0.39, 0.29) is 6.04 Å². The topological polar surface area (TPSA) is 26.0 Å². The fourth-order valence-corrected chi connectivity index (χ4v) is 1.62. The average Bonchev–Trinajstić information content (AvgIpc) is 2.99. The van der Waals surface area contributed by atoms with Crippen molar-refractivity contribution in [3.63, 3.8) is 0 Å². The van der Waals surface area contributed by atoms with Crippen molar-refractivity contribution >= 4 is 0 Å². The summed E-state index contributed by atoms with van der Waals surface area (Å²) < 4.78 is 36.8. The Morgan fingerprint density at radius 2 is 1.67 bits per heavy atom. The van der Waals surface area contributed by atoms with E-state index in [4.69, 9.17) is 5.73 Å². The summed E-state index contributed by atoms with van der Waals surface area (Å²) in [5.41, 5.74) is 6.06. The number of hydrogen-bond donors (Lipinski definition) is 1. The molecule has 0 aliphatic heterocycles. The standard InChI is InChI=1S/C11H12F3N/c12-11(13,14)9-5-3-8(4-6-9)10(15)7-1-2-7/h3-7,10H,1-2,15H2/t10-/m0/s1. The van der Waals surface area contributed by atoms with E-state index in [2.05, 4.69) is 0 Å². The molecule has 2 rings (SSSR count). The molecular formula is C11H12F3N. The molecule has 1 saturated carbocycles. The van der Waals surface area contributed by atoms with Crippen LogP contribution in [0.3, 0.4) is 0 Å². The smallest absolute Gasteiger partial charge is 0.324 e. The molecule has 2 N–H and O–H groups in total. The van der Waals surface area contributed by atoms with Gasteiger partial charge in [-0.1, -0.05) is 12.1 Å². The van der Waals surface area contributed by atoms with Gasteiger partial charge in [0.05, 0.1) is 5.56 Å². The summed E-state index contributed by atoms with van der Waals surface area (Å²) in [4.78, 5) is 0. The second-order valence-corrected chi connectivity index (χ2v) is 3.98. The van der Waals surface area contributed by atoms with Crippen LogP contribution >= 0.6 is 0 Å². The predicted octanol–water partition coefficient (Wildman–Crippen LogP) is 3.12. The summed E-state index contributed by atoms with van der Waals surface area (Å²) in [7, 11) is 0. The summed E-state index contributed by atoms with van der Waals surface area (Å²) in [5.74, 6) is 0.460. The lowest BCUT2D eigenvalue weighted by Crippen LogP contribution is -2.13. The molecule has 1 atom stereocenters. The van der Waals surface area contributed by atoms with Crippen LogP contribution in [0.1, 0.15) is 30.0 Å². The van der Waals surface area contributed by atoms with E-state index in [1.54, 1.807) is 0 Å². The lowest BCUT2D eigenvalue weighted by molar-refractivity contribution is -0.137. The van der Waals surface area contributed by atoms with E-state index in [1.807, 2.05) is 0 Å². The largest absolute Gasteiger partial charge is 0.416 e. The molecule has 4 heteroatoms. The number of hydrogen-bond acceptors (Lipinski definition) is 1. The highest BCUT2D eigenvalue weighted by atomic mass is 19.4. The Balaban J connectivity index is 2.16. The van der Waals surface area contributed by atoms with Crippen LogP contribution < -0.4 is 5.73 Å². The van der Waals surface area contributed by atoms with Crippen molar-refractivity contribution in [2.45, 2.75) is 25.1 Å². The Morgan fingerprint density at radius 3 is 2.07 bits per heavy atom. The van der Waals surface area contributed by atoms with Gasteiger partial charge < -0.3 is 5.73 Å². The minimum Gasteiger partial charge on any atom is -0.324 e. The normalized spacial score (nSPS) is 18.9. The summed E-state index contributed by atoms with van der Waals surface area (Å²) in [6, 6.07) is 5.04. The van der Waals surface area contributed by atoms with Crippen LogP contribution in [0.25, 0.3) is 0 Å². The van der Waals surface area contributed by atoms with Gasteiger partial charge in [0, 0.05) is 6.04 Å². The molecule has 15 heavy (non-hydrogen) atoms. The highest BCUT2D eigenvalue weighted by Crippen LogP contribution is 2.40. The second kappa shape index (κ2) is 3.52. The first kappa shape index (κ1) is 10.5. The molecule has 0 unspecified atom stereocenters. The number of alkyl halides is 3. The van der Waals surface area contributed by atoms with Crippen LogP contribution in [0.15, 0.2) is 24.3 Å². The molecule has 0 amide bonds. The zero-order valence-electron chi connectivity index (χ0n) is 8.09. The van der Waals surface area contributed by atoms with Crippen molar-refractivity contribution in [2.75, 3.05) is 0 Å². The molecule has 0 heterocycles. The van der Waals surface area contributed by atoms with Crippen molar-refractivity contribution in [2.24, 2.45) is 11.7 Å². The van der Waals surface area contributed by atoms with Gasteiger partial charge in [0.15, 0.2) is 0 Å². The SMILES string of the molecule is N[C@H](c1ccc(C(F)(F)F)cc1)C1CC1. The van der Waals surface area contributed by atoms with E-state index in [1.165, 1.54) is 12.1 Å². The van der Waals surface area contributed by atoms with Crippen LogP contribution in [-0.4, -0.2) is 0 Å². The average molecular weight is 215 g/mol. The highest BCUT2D eigenvalue weighted by Gasteiger charge is 2.32. The molecular weight excluding hydrogens is 203 g/mol. The van der Waals surface area contributed by atoms with Gasteiger partial charge in [0.25, 0.3) is 0 Å². The maximum absolute atomic E-state index is 12.3. The number of rotatable bonds is 2. The zero-order chi connectivity index (χ0) is 11.1. The van der Waals surface area contributed by atoms with Crippen molar-refractivity contribution in [1.29, 1.82) is 0 Å². The number of benzene rings is 1. The van der Waals surface area contributed by atoms with Crippen molar-refractivity contribution in [1.82, 2.24) is 0 Å². The molecule has 1 aromatic carbocycles. The quantitative estimate of drug-likeness (QED) is 0.805.